The van der Waals surface area contributed by atoms with Crippen LogP contribution in [0.15, 0.2) is 11.0 Å². The summed E-state index contributed by atoms with van der Waals surface area (Å²) in [6.07, 6.45) is -3.19. The highest BCUT2D eigenvalue weighted by molar-refractivity contribution is 7.89. The smallest absolute Gasteiger partial charge is 0.281 e. The Bertz CT molecular complexity index is 580. The molecule has 1 heterocycles. The van der Waals surface area contributed by atoms with E-state index in [1.165, 1.54) is 6.07 Å². The number of hydrogen-bond donors (Lipinski definition) is 1. The summed E-state index contributed by atoms with van der Waals surface area (Å²) in [7, 11) is -3.32. The Kier molecular flexibility index (Phi) is 3.59. The second kappa shape index (κ2) is 4.60. The molecule has 1 aromatic rings. The number of nitriles is 1. The minimum Gasteiger partial charge on any atom is -0.481 e. The van der Waals surface area contributed by atoms with Crippen LogP contribution in [-0.2, 0) is 10.0 Å². The number of pyridine rings is 1. The van der Waals surface area contributed by atoms with Crippen LogP contribution in [0.25, 0.3) is 0 Å². The maximum absolute atomic E-state index is 12.6. The van der Waals surface area contributed by atoms with Crippen LogP contribution in [0.4, 0.5) is 8.78 Å². The van der Waals surface area contributed by atoms with Crippen LogP contribution in [0.3, 0.4) is 0 Å². The summed E-state index contributed by atoms with van der Waals surface area (Å²) in [5.74, 6) is -0.288. The van der Waals surface area contributed by atoms with Crippen molar-refractivity contribution in [3.8, 4) is 11.9 Å². The Morgan fingerprint density at radius 2 is 2.18 bits per heavy atom. The summed E-state index contributed by atoms with van der Waals surface area (Å²) < 4.78 is 52.2. The second-order valence-electron chi connectivity index (χ2n) is 2.88. The second-order valence-corrected chi connectivity index (χ2v) is 4.38. The highest BCUT2D eigenvalue weighted by Gasteiger charge is 2.27. The number of rotatable bonds is 3. The minimum absolute atomic E-state index is 0.288. The first-order chi connectivity index (χ1) is 7.81. The number of hydrogen-bond acceptors (Lipinski definition) is 5. The average Bonchev–Trinajstić information content (AvgIpc) is 2.25. The third-order valence-electron chi connectivity index (χ3n) is 1.80. The van der Waals surface area contributed by atoms with E-state index in [2.05, 4.69) is 9.72 Å². The van der Waals surface area contributed by atoms with E-state index >= 15 is 0 Å². The fourth-order valence-corrected chi connectivity index (χ4v) is 2.00. The van der Waals surface area contributed by atoms with Gasteiger partial charge in [0, 0.05) is 6.07 Å². The maximum atomic E-state index is 12.6. The molecule has 0 spiro atoms. The molecule has 92 valence electrons. The molecule has 0 aliphatic heterocycles. The molecule has 9 heteroatoms. The molecular weight excluding hydrogens is 256 g/mol. The van der Waals surface area contributed by atoms with Crippen molar-refractivity contribution in [3.63, 3.8) is 0 Å². The summed E-state index contributed by atoms with van der Waals surface area (Å²) in [6, 6.07) is 2.38. The van der Waals surface area contributed by atoms with E-state index in [-0.39, 0.29) is 5.88 Å². The summed E-state index contributed by atoms with van der Waals surface area (Å²) in [6.45, 7) is 0. The number of sulfonamides is 1. The lowest BCUT2D eigenvalue weighted by Crippen LogP contribution is -2.18. The summed E-state index contributed by atoms with van der Waals surface area (Å²) in [4.78, 5) is 2.31. The Labute approximate surface area is 95.7 Å². The Morgan fingerprint density at radius 3 is 2.53 bits per heavy atom. The molecule has 0 unspecified atom stereocenters. The van der Waals surface area contributed by atoms with E-state index in [0.29, 0.717) is 0 Å². The molecule has 0 amide bonds. The van der Waals surface area contributed by atoms with Crippen LogP contribution in [0.2, 0.25) is 0 Å². The third-order valence-corrected chi connectivity index (χ3v) is 2.79. The average molecular weight is 263 g/mol. The lowest BCUT2D eigenvalue weighted by atomic mass is 10.2. The first-order valence-electron chi connectivity index (χ1n) is 4.11. The van der Waals surface area contributed by atoms with Gasteiger partial charge in [0.1, 0.15) is 16.7 Å². The first kappa shape index (κ1) is 13.3. The number of aromatic nitrogens is 1. The fraction of sp³-hybridized carbons (Fsp3) is 0.250. The molecule has 0 saturated carbocycles. The standard InChI is InChI=1S/C8H7F2N3O3S/c1-16-5-2-4(3-11)7(17(12,14)15)6(13-5)8(9)10/h2,8H,1H3,(H2,12,14,15). The van der Waals surface area contributed by atoms with Crippen molar-refractivity contribution in [1.82, 2.24) is 4.98 Å². The molecule has 0 fully saturated rings. The van der Waals surface area contributed by atoms with Gasteiger partial charge in [0.15, 0.2) is 0 Å². The van der Waals surface area contributed by atoms with Crippen LogP contribution < -0.4 is 9.88 Å². The van der Waals surface area contributed by atoms with Crippen molar-refractivity contribution < 1.29 is 21.9 Å². The van der Waals surface area contributed by atoms with E-state index in [1.807, 2.05) is 0 Å². The van der Waals surface area contributed by atoms with E-state index < -0.39 is 32.6 Å². The van der Waals surface area contributed by atoms with Crippen molar-refractivity contribution >= 4 is 10.0 Å². The number of nitrogens with zero attached hydrogens (tertiary/aromatic N) is 2. The Morgan fingerprint density at radius 1 is 1.59 bits per heavy atom. The van der Waals surface area contributed by atoms with Gasteiger partial charge in [0.25, 0.3) is 6.43 Å². The number of primary sulfonamides is 1. The molecule has 1 rings (SSSR count). The van der Waals surface area contributed by atoms with Gasteiger partial charge in [0.05, 0.1) is 12.7 Å². The van der Waals surface area contributed by atoms with Gasteiger partial charge >= 0.3 is 0 Å². The highest BCUT2D eigenvalue weighted by atomic mass is 32.2. The maximum Gasteiger partial charge on any atom is 0.281 e. The molecule has 0 radical (unpaired) electrons. The van der Waals surface area contributed by atoms with Crippen LogP contribution in [0.5, 0.6) is 5.88 Å². The molecule has 6 nitrogen and oxygen atoms in total. The largest absolute Gasteiger partial charge is 0.481 e. The van der Waals surface area contributed by atoms with Crippen LogP contribution in [0, 0.1) is 11.3 Å². The number of methoxy groups -OCH3 is 1. The monoisotopic (exact) mass is 263 g/mol. The lowest BCUT2D eigenvalue weighted by molar-refractivity contribution is 0.141. The quantitative estimate of drug-likeness (QED) is 0.856. The van der Waals surface area contributed by atoms with Gasteiger partial charge in [-0.15, -0.1) is 0 Å². The topological polar surface area (TPSA) is 106 Å². The molecule has 0 atom stereocenters. The molecule has 0 aromatic carbocycles. The number of alkyl halides is 2. The van der Waals surface area contributed by atoms with Crippen LogP contribution in [0.1, 0.15) is 17.7 Å². The summed E-state index contributed by atoms with van der Waals surface area (Å²) in [5.41, 5.74) is -1.63. The van der Waals surface area contributed by atoms with Gasteiger partial charge in [0.2, 0.25) is 15.9 Å². The Hall–Kier alpha value is -1.79. The summed E-state index contributed by atoms with van der Waals surface area (Å²) in [5, 5.41) is 13.5. The number of nitrogens with two attached hydrogens (primary N) is 1. The molecule has 1 aromatic heterocycles. The normalized spacial score (nSPS) is 11.3. The first-order valence-corrected chi connectivity index (χ1v) is 5.66. The highest BCUT2D eigenvalue weighted by Crippen LogP contribution is 2.29. The van der Waals surface area contributed by atoms with Gasteiger partial charge in [-0.05, 0) is 0 Å². The van der Waals surface area contributed by atoms with Gasteiger partial charge in [-0.1, -0.05) is 0 Å². The van der Waals surface area contributed by atoms with E-state index in [0.717, 1.165) is 13.2 Å². The van der Waals surface area contributed by atoms with E-state index in [1.54, 1.807) is 0 Å². The van der Waals surface area contributed by atoms with Crippen molar-refractivity contribution in [1.29, 1.82) is 5.26 Å². The molecule has 0 saturated heterocycles. The van der Waals surface area contributed by atoms with Crippen molar-refractivity contribution in [3.05, 3.63) is 17.3 Å². The number of ether oxygens (including phenoxy) is 1. The van der Waals surface area contributed by atoms with Gasteiger partial charge in [-0.25, -0.2) is 27.3 Å². The van der Waals surface area contributed by atoms with Crippen LogP contribution >= 0.6 is 0 Å². The van der Waals surface area contributed by atoms with Crippen molar-refractivity contribution in [2.45, 2.75) is 11.3 Å². The number of halogens is 2. The van der Waals surface area contributed by atoms with Crippen molar-refractivity contribution in [2.75, 3.05) is 7.11 Å². The molecule has 2 N–H and O–H groups in total. The van der Waals surface area contributed by atoms with Gasteiger partial charge in [-0.2, -0.15) is 5.26 Å². The fourth-order valence-electron chi connectivity index (χ4n) is 1.16. The zero-order valence-corrected chi connectivity index (χ0v) is 9.33. The van der Waals surface area contributed by atoms with Gasteiger partial charge < -0.3 is 4.74 Å². The predicted octanol–water partition coefficient (Wildman–Crippen LogP) is 0.547. The van der Waals surface area contributed by atoms with Gasteiger partial charge in [-0.3, -0.25) is 0 Å². The predicted molar refractivity (Wildman–Crippen MR) is 51.8 cm³/mol. The van der Waals surface area contributed by atoms with E-state index in [4.69, 9.17) is 10.4 Å². The minimum atomic E-state index is -4.47. The van der Waals surface area contributed by atoms with E-state index in [9.17, 15) is 17.2 Å². The van der Waals surface area contributed by atoms with Crippen molar-refractivity contribution in [2.24, 2.45) is 5.14 Å². The molecule has 17 heavy (non-hydrogen) atoms. The molecular formula is C8H7F2N3O3S. The molecule has 0 bridgehead atoms. The molecule has 0 aliphatic carbocycles. The zero-order chi connectivity index (χ0) is 13.2. The molecule has 0 aliphatic rings. The zero-order valence-electron chi connectivity index (χ0n) is 8.52. The lowest BCUT2D eigenvalue weighted by Gasteiger charge is -2.09. The third kappa shape index (κ3) is 2.66. The SMILES string of the molecule is COc1cc(C#N)c(S(N)(=O)=O)c(C(F)F)n1. The summed E-state index contributed by atoms with van der Waals surface area (Å²) >= 11 is 0. The van der Waals surface area contributed by atoms with Crippen LogP contribution in [-0.4, -0.2) is 20.5 Å². The Balaban J connectivity index is 3.73.